The fourth-order valence-electron chi connectivity index (χ4n) is 2.59. The summed E-state index contributed by atoms with van der Waals surface area (Å²) in [5.41, 5.74) is 0.200. The number of piperidine rings is 1. The van der Waals surface area contributed by atoms with Gasteiger partial charge in [-0.1, -0.05) is 12.1 Å². The molecule has 2 amide bonds. The second kappa shape index (κ2) is 8.04. The summed E-state index contributed by atoms with van der Waals surface area (Å²) < 4.78 is 11.2. The zero-order valence-corrected chi connectivity index (χ0v) is 14.6. The molecule has 1 aromatic carbocycles. The molecule has 2 rings (SSSR count). The van der Waals surface area contributed by atoms with Crippen molar-refractivity contribution in [3.63, 3.8) is 0 Å². The highest BCUT2D eigenvalue weighted by Crippen LogP contribution is 2.26. The van der Waals surface area contributed by atoms with Crippen molar-refractivity contribution in [3.05, 3.63) is 24.3 Å². The van der Waals surface area contributed by atoms with Crippen molar-refractivity contribution in [2.24, 2.45) is 5.92 Å². The smallest absolute Gasteiger partial charge is 0.410 e. The molecule has 24 heavy (non-hydrogen) atoms. The number of benzene rings is 1. The number of carbonyl (C=O) groups is 2. The third-order valence-electron chi connectivity index (χ3n) is 3.84. The van der Waals surface area contributed by atoms with Gasteiger partial charge in [0.05, 0.1) is 12.3 Å². The molecular formula is C18H26N2O4. The van der Waals surface area contributed by atoms with Gasteiger partial charge in [0.1, 0.15) is 11.4 Å². The van der Waals surface area contributed by atoms with Crippen LogP contribution in [0.3, 0.4) is 0 Å². The summed E-state index contributed by atoms with van der Waals surface area (Å²) in [6, 6.07) is 7.35. The summed E-state index contributed by atoms with van der Waals surface area (Å²) in [7, 11) is 0. The summed E-state index contributed by atoms with van der Waals surface area (Å²) in [5.74, 6) is 1.05. The molecular weight excluding hydrogens is 308 g/mol. The van der Waals surface area contributed by atoms with Gasteiger partial charge in [0.25, 0.3) is 0 Å². The molecule has 0 saturated carbocycles. The van der Waals surface area contributed by atoms with Crippen molar-refractivity contribution in [2.45, 2.75) is 39.2 Å². The van der Waals surface area contributed by atoms with Crippen molar-refractivity contribution in [1.82, 2.24) is 4.90 Å². The number of carbonyl (C=O) groups excluding carboxylic acids is 2. The van der Waals surface area contributed by atoms with Crippen molar-refractivity contribution in [1.29, 1.82) is 0 Å². The lowest BCUT2D eigenvalue weighted by atomic mass is 9.98. The molecule has 6 heteroatoms. The van der Waals surface area contributed by atoms with E-state index in [4.69, 9.17) is 9.47 Å². The molecule has 132 valence electrons. The number of nitrogens with zero attached hydrogens (tertiary/aromatic N) is 1. The standard InChI is InChI=1S/C18H26N2O4/c1-18(2,3)24-17(22)20-10-8-14(9-11-20)12-23-16-7-5-4-6-15(16)19-13-21/h4-7,13-14H,8-12H2,1-3H3,(H,19,21). The Bertz CT molecular complexity index is 560. The molecule has 0 spiro atoms. The number of amides is 2. The molecule has 0 unspecified atom stereocenters. The summed E-state index contributed by atoms with van der Waals surface area (Å²) >= 11 is 0. The Balaban J connectivity index is 1.79. The van der Waals surface area contributed by atoms with E-state index in [0.29, 0.717) is 43.5 Å². The van der Waals surface area contributed by atoms with Gasteiger partial charge in [0, 0.05) is 13.1 Å². The molecule has 1 heterocycles. The second-order valence-electron chi connectivity index (χ2n) is 6.98. The summed E-state index contributed by atoms with van der Waals surface area (Å²) in [6.07, 6.45) is 2.15. The number of likely N-dealkylation sites (tertiary alicyclic amines) is 1. The van der Waals surface area contributed by atoms with Gasteiger partial charge in [-0.3, -0.25) is 4.79 Å². The number of nitrogens with one attached hydrogen (secondary N) is 1. The highest BCUT2D eigenvalue weighted by Gasteiger charge is 2.27. The molecule has 0 aliphatic carbocycles. The highest BCUT2D eigenvalue weighted by atomic mass is 16.6. The first-order valence-electron chi connectivity index (χ1n) is 8.29. The minimum atomic E-state index is -0.466. The Morgan fingerprint density at radius 2 is 1.96 bits per heavy atom. The van der Waals surface area contributed by atoms with Crippen LogP contribution in [0.1, 0.15) is 33.6 Å². The Kier molecular flexibility index (Phi) is 6.06. The van der Waals surface area contributed by atoms with Crippen LogP contribution in [0.15, 0.2) is 24.3 Å². The fourth-order valence-corrected chi connectivity index (χ4v) is 2.59. The fraction of sp³-hybridized carbons (Fsp3) is 0.556. The topological polar surface area (TPSA) is 67.9 Å². The third kappa shape index (κ3) is 5.44. The van der Waals surface area contributed by atoms with E-state index in [1.165, 1.54) is 0 Å². The first kappa shape index (κ1) is 18.1. The van der Waals surface area contributed by atoms with Crippen LogP contribution in [0.25, 0.3) is 0 Å². The quantitative estimate of drug-likeness (QED) is 0.839. The summed E-state index contributed by atoms with van der Waals surface area (Å²) in [5, 5.41) is 2.63. The highest BCUT2D eigenvalue weighted by molar-refractivity contribution is 5.75. The van der Waals surface area contributed by atoms with Gasteiger partial charge in [0.2, 0.25) is 6.41 Å². The van der Waals surface area contributed by atoms with E-state index in [1.54, 1.807) is 11.0 Å². The third-order valence-corrected chi connectivity index (χ3v) is 3.84. The van der Waals surface area contributed by atoms with Gasteiger partial charge >= 0.3 is 6.09 Å². The van der Waals surface area contributed by atoms with Gasteiger partial charge in [-0.05, 0) is 51.7 Å². The molecule has 1 aliphatic heterocycles. The zero-order chi connectivity index (χ0) is 17.6. The van der Waals surface area contributed by atoms with E-state index in [-0.39, 0.29) is 6.09 Å². The first-order valence-corrected chi connectivity index (χ1v) is 8.29. The average molecular weight is 334 g/mol. The van der Waals surface area contributed by atoms with Crippen molar-refractivity contribution >= 4 is 18.2 Å². The molecule has 0 radical (unpaired) electrons. The number of hydrogen-bond acceptors (Lipinski definition) is 4. The van der Waals surface area contributed by atoms with Gasteiger partial charge in [0.15, 0.2) is 0 Å². The Labute approximate surface area is 143 Å². The van der Waals surface area contributed by atoms with Crippen LogP contribution in [-0.4, -0.2) is 42.7 Å². The van der Waals surface area contributed by atoms with Crippen LogP contribution in [0.5, 0.6) is 5.75 Å². The van der Waals surface area contributed by atoms with E-state index in [0.717, 1.165) is 12.8 Å². The molecule has 0 bridgehead atoms. The van der Waals surface area contributed by atoms with E-state index in [2.05, 4.69) is 5.32 Å². The number of para-hydroxylation sites is 2. The van der Waals surface area contributed by atoms with E-state index in [1.807, 2.05) is 39.0 Å². The predicted octanol–water partition coefficient (Wildman–Crippen LogP) is 3.28. The van der Waals surface area contributed by atoms with Crippen LogP contribution in [0, 0.1) is 5.92 Å². The second-order valence-corrected chi connectivity index (χ2v) is 6.98. The van der Waals surface area contributed by atoms with Gasteiger partial charge < -0.3 is 19.7 Å². The van der Waals surface area contributed by atoms with E-state index >= 15 is 0 Å². The summed E-state index contributed by atoms with van der Waals surface area (Å²) in [6.45, 7) is 7.54. The Hall–Kier alpha value is -2.24. The lowest BCUT2D eigenvalue weighted by Gasteiger charge is -2.33. The lowest BCUT2D eigenvalue weighted by Crippen LogP contribution is -2.42. The number of anilines is 1. The van der Waals surface area contributed by atoms with Crippen LogP contribution < -0.4 is 10.1 Å². The first-order chi connectivity index (χ1) is 11.4. The Morgan fingerprint density at radius 1 is 1.29 bits per heavy atom. The lowest BCUT2D eigenvalue weighted by molar-refractivity contribution is -0.105. The van der Waals surface area contributed by atoms with Gasteiger partial charge in [-0.25, -0.2) is 4.79 Å². The normalized spacial score (nSPS) is 15.7. The van der Waals surface area contributed by atoms with Crippen LogP contribution in [-0.2, 0) is 9.53 Å². The van der Waals surface area contributed by atoms with Crippen LogP contribution >= 0.6 is 0 Å². The average Bonchev–Trinajstić information content (AvgIpc) is 2.53. The molecule has 1 fully saturated rings. The van der Waals surface area contributed by atoms with Crippen molar-refractivity contribution < 1.29 is 19.1 Å². The molecule has 6 nitrogen and oxygen atoms in total. The van der Waals surface area contributed by atoms with E-state index in [9.17, 15) is 9.59 Å². The molecule has 0 aromatic heterocycles. The Morgan fingerprint density at radius 3 is 2.58 bits per heavy atom. The molecule has 1 aromatic rings. The molecule has 1 saturated heterocycles. The van der Waals surface area contributed by atoms with Crippen molar-refractivity contribution in [3.8, 4) is 5.75 Å². The van der Waals surface area contributed by atoms with Gasteiger partial charge in [-0.2, -0.15) is 0 Å². The number of rotatable bonds is 5. The predicted molar refractivity (Wildman–Crippen MR) is 92.2 cm³/mol. The zero-order valence-electron chi connectivity index (χ0n) is 14.6. The minimum absolute atomic E-state index is 0.248. The minimum Gasteiger partial charge on any atom is -0.491 e. The van der Waals surface area contributed by atoms with Crippen molar-refractivity contribution in [2.75, 3.05) is 25.0 Å². The maximum absolute atomic E-state index is 12.0. The molecule has 1 aliphatic rings. The maximum Gasteiger partial charge on any atom is 0.410 e. The SMILES string of the molecule is CC(C)(C)OC(=O)N1CCC(COc2ccccc2NC=O)CC1. The van der Waals surface area contributed by atoms with E-state index < -0.39 is 5.60 Å². The number of ether oxygens (including phenoxy) is 2. The van der Waals surface area contributed by atoms with Crippen LogP contribution in [0.2, 0.25) is 0 Å². The van der Waals surface area contributed by atoms with Crippen LogP contribution in [0.4, 0.5) is 10.5 Å². The maximum atomic E-state index is 12.0. The monoisotopic (exact) mass is 334 g/mol. The number of hydrogen-bond donors (Lipinski definition) is 1. The van der Waals surface area contributed by atoms with Gasteiger partial charge in [-0.15, -0.1) is 0 Å². The molecule has 0 atom stereocenters. The largest absolute Gasteiger partial charge is 0.491 e. The summed E-state index contributed by atoms with van der Waals surface area (Å²) in [4.78, 5) is 24.4. The molecule has 1 N–H and O–H groups in total.